The summed E-state index contributed by atoms with van der Waals surface area (Å²) < 4.78 is 1.70. The van der Waals surface area contributed by atoms with Gasteiger partial charge in [-0.1, -0.05) is 6.07 Å². The lowest BCUT2D eigenvalue weighted by Crippen LogP contribution is -2.28. The second-order valence-corrected chi connectivity index (χ2v) is 6.37. The number of fused-ring (bicyclic) bond motifs is 1. The SMILES string of the molecule is CCNC(=O)Nc1cn2c(C(=O)CN(C)C)cc(-c3cccnc3)cc2n1. The predicted molar refractivity (Wildman–Crippen MR) is 104 cm³/mol. The quantitative estimate of drug-likeness (QED) is 0.653. The maximum Gasteiger partial charge on any atom is 0.320 e. The molecule has 0 bridgehead atoms. The summed E-state index contributed by atoms with van der Waals surface area (Å²) in [5.74, 6) is 0.334. The largest absolute Gasteiger partial charge is 0.338 e. The Bertz CT molecular complexity index is 965. The topological polar surface area (TPSA) is 91.6 Å². The van der Waals surface area contributed by atoms with Gasteiger partial charge in [0, 0.05) is 24.5 Å². The maximum atomic E-state index is 12.8. The van der Waals surface area contributed by atoms with Gasteiger partial charge in [-0.05, 0) is 44.8 Å². The highest BCUT2D eigenvalue weighted by molar-refractivity contribution is 5.98. The Labute approximate surface area is 157 Å². The molecule has 0 aliphatic rings. The van der Waals surface area contributed by atoms with Crippen molar-refractivity contribution in [2.75, 3.05) is 32.5 Å². The fourth-order valence-corrected chi connectivity index (χ4v) is 2.75. The third kappa shape index (κ3) is 4.29. The zero-order chi connectivity index (χ0) is 19.4. The Kier molecular flexibility index (Phi) is 5.46. The number of aromatic nitrogens is 3. The number of imidazole rings is 1. The number of nitrogens with zero attached hydrogens (tertiary/aromatic N) is 4. The van der Waals surface area contributed by atoms with E-state index in [-0.39, 0.29) is 18.4 Å². The molecule has 2 amide bonds. The fourth-order valence-electron chi connectivity index (χ4n) is 2.75. The van der Waals surface area contributed by atoms with Crippen molar-refractivity contribution >= 4 is 23.3 Å². The van der Waals surface area contributed by atoms with Gasteiger partial charge in [-0.15, -0.1) is 0 Å². The summed E-state index contributed by atoms with van der Waals surface area (Å²) in [6, 6.07) is 7.12. The van der Waals surface area contributed by atoms with E-state index < -0.39 is 0 Å². The van der Waals surface area contributed by atoms with Crippen molar-refractivity contribution in [3.05, 3.63) is 48.5 Å². The Morgan fingerprint density at radius 3 is 2.70 bits per heavy atom. The van der Waals surface area contributed by atoms with E-state index >= 15 is 0 Å². The fraction of sp³-hybridized carbons (Fsp3) is 0.263. The van der Waals surface area contributed by atoms with Gasteiger partial charge in [-0.25, -0.2) is 9.78 Å². The van der Waals surface area contributed by atoms with Crippen LogP contribution in [0.3, 0.4) is 0 Å². The summed E-state index contributed by atoms with van der Waals surface area (Å²) in [7, 11) is 3.69. The zero-order valence-corrected chi connectivity index (χ0v) is 15.6. The molecule has 0 spiro atoms. The number of pyridine rings is 2. The summed E-state index contributed by atoms with van der Waals surface area (Å²) in [5, 5.41) is 5.34. The van der Waals surface area contributed by atoms with Crippen molar-refractivity contribution in [2.45, 2.75) is 6.92 Å². The molecule has 0 aliphatic carbocycles. The number of nitrogens with one attached hydrogen (secondary N) is 2. The van der Waals surface area contributed by atoms with Crippen LogP contribution in [-0.2, 0) is 0 Å². The number of ketones is 1. The lowest BCUT2D eigenvalue weighted by atomic mass is 10.1. The number of hydrogen-bond acceptors (Lipinski definition) is 5. The molecule has 8 nitrogen and oxygen atoms in total. The van der Waals surface area contributed by atoms with Crippen LogP contribution in [0, 0.1) is 0 Å². The van der Waals surface area contributed by atoms with Crippen LogP contribution in [0.15, 0.2) is 42.9 Å². The van der Waals surface area contributed by atoms with Gasteiger partial charge in [0.25, 0.3) is 0 Å². The van der Waals surface area contributed by atoms with Crippen molar-refractivity contribution < 1.29 is 9.59 Å². The molecular weight excluding hydrogens is 344 g/mol. The number of Topliss-reactive ketones (excluding diaryl/α,β-unsaturated/α-hetero) is 1. The highest BCUT2D eigenvalue weighted by Crippen LogP contribution is 2.24. The average molecular weight is 366 g/mol. The highest BCUT2D eigenvalue weighted by atomic mass is 16.2. The lowest BCUT2D eigenvalue weighted by Gasteiger charge is -2.11. The molecule has 3 aromatic heterocycles. The van der Waals surface area contributed by atoms with Crippen molar-refractivity contribution in [1.82, 2.24) is 24.6 Å². The number of carbonyl (C=O) groups is 2. The van der Waals surface area contributed by atoms with Gasteiger partial charge in [0.2, 0.25) is 0 Å². The summed E-state index contributed by atoms with van der Waals surface area (Å²) in [5.41, 5.74) is 2.80. The first-order valence-electron chi connectivity index (χ1n) is 8.64. The minimum absolute atomic E-state index is 0.0438. The first-order chi connectivity index (χ1) is 13.0. The smallest absolute Gasteiger partial charge is 0.320 e. The minimum Gasteiger partial charge on any atom is -0.338 e. The summed E-state index contributed by atoms with van der Waals surface area (Å²) >= 11 is 0. The van der Waals surface area contributed by atoms with Crippen molar-refractivity contribution in [3.63, 3.8) is 0 Å². The van der Waals surface area contributed by atoms with E-state index in [1.54, 1.807) is 23.0 Å². The summed E-state index contributed by atoms with van der Waals surface area (Å²) in [6.07, 6.45) is 5.09. The van der Waals surface area contributed by atoms with Crippen LogP contribution in [0.25, 0.3) is 16.8 Å². The number of hydrogen-bond donors (Lipinski definition) is 2. The molecule has 0 saturated heterocycles. The molecule has 3 heterocycles. The van der Waals surface area contributed by atoms with E-state index in [2.05, 4.69) is 20.6 Å². The first kappa shape index (κ1) is 18.5. The molecule has 0 radical (unpaired) electrons. The number of rotatable bonds is 6. The molecule has 27 heavy (non-hydrogen) atoms. The minimum atomic E-state index is -0.338. The number of anilines is 1. The van der Waals surface area contributed by atoms with Crippen LogP contribution in [0.2, 0.25) is 0 Å². The molecule has 0 atom stereocenters. The normalized spacial score (nSPS) is 11.0. The van der Waals surface area contributed by atoms with Crippen molar-refractivity contribution in [1.29, 1.82) is 0 Å². The van der Waals surface area contributed by atoms with E-state index in [9.17, 15) is 9.59 Å². The standard InChI is InChI=1S/C19H22N6O2/c1-4-21-19(27)23-17-12-25-15(16(26)11-24(2)3)8-14(9-18(25)22-17)13-6-5-7-20-10-13/h5-10,12H,4,11H2,1-3H3,(H2,21,23,27). The number of carbonyl (C=O) groups excluding carboxylic acids is 2. The molecule has 2 N–H and O–H groups in total. The average Bonchev–Trinajstić information content (AvgIpc) is 3.03. The molecule has 8 heteroatoms. The Morgan fingerprint density at radius 2 is 2.04 bits per heavy atom. The van der Waals surface area contributed by atoms with Gasteiger partial charge in [0.15, 0.2) is 11.6 Å². The van der Waals surface area contributed by atoms with Gasteiger partial charge in [0.1, 0.15) is 5.65 Å². The molecule has 0 unspecified atom stereocenters. The molecule has 140 valence electrons. The van der Waals surface area contributed by atoms with Crippen LogP contribution >= 0.6 is 0 Å². The van der Waals surface area contributed by atoms with E-state index in [1.165, 1.54) is 0 Å². The molecule has 3 rings (SSSR count). The second-order valence-electron chi connectivity index (χ2n) is 6.37. The van der Waals surface area contributed by atoms with Gasteiger partial charge in [-0.3, -0.25) is 19.5 Å². The Morgan fingerprint density at radius 1 is 1.22 bits per heavy atom. The van der Waals surface area contributed by atoms with Gasteiger partial charge >= 0.3 is 6.03 Å². The van der Waals surface area contributed by atoms with E-state index in [4.69, 9.17) is 0 Å². The highest BCUT2D eigenvalue weighted by Gasteiger charge is 2.16. The molecule has 0 fully saturated rings. The Balaban J connectivity index is 2.08. The molecule has 0 aliphatic heterocycles. The van der Waals surface area contributed by atoms with Crippen LogP contribution in [0.5, 0.6) is 0 Å². The van der Waals surface area contributed by atoms with Crippen LogP contribution in [-0.4, -0.2) is 58.3 Å². The summed E-state index contributed by atoms with van der Waals surface area (Å²) in [4.78, 5) is 35.0. The number of amides is 2. The first-order valence-corrected chi connectivity index (χ1v) is 8.64. The third-order valence-electron chi connectivity index (χ3n) is 3.89. The summed E-state index contributed by atoms with van der Waals surface area (Å²) in [6.45, 7) is 2.61. The maximum absolute atomic E-state index is 12.8. The third-order valence-corrected chi connectivity index (χ3v) is 3.89. The zero-order valence-electron chi connectivity index (χ0n) is 15.6. The van der Waals surface area contributed by atoms with E-state index in [0.717, 1.165) is 11.1 Å². The molecular formula is C19H22N6O2. The van der Waals surface area contributed by atoms with Gasteiger partial charge < -0.3 is 10.2 Å². The van der Waals surface area contributed by atoms with Crippen molar-refractivity contribution in [3.8, 4) is 11.1 Å². The number of urea groups is 1. The predicted octanol–water partition coefficient (Wildman–Crippen LogP) is 2.28. The van der Waals surface area contributed by atoms with E-state index in [0.29, 0.717) is 23.7 Å². The molecule has 0 aromatic carbocycles. The van der Waals surface area contributed by atoms with Gasteiger partial charge in [-0.2, -0.15) is 0 Å². The van der Waals surface area contributed by atoms with Gasteiger partial charge in [0.05, 0.1) is 18.4 Å². The monoisotopic (exact) mass is 366 g/mol. The van der Waals surface area contributed by atoms with Crippen LogP contribution < -0.4 is 10.6 Å². The Hall–Kier alpha value is -3.26. The second kappa shape index (κ2) is 7.96. The molecule has 0 saturated carbocycles. The van der Waals surface area contributed by atoms with E-state index in [1.807, 2.05) is 50.2 Å². The molecule has 3 aromatic rings. The van der Waals surface area contributed by atoms with Crippen LogP contribution in [0.1, 0.15) is 17.4 Å². The van der Waals surface area contributed by atoms with Crippen LogP contribution in [0.4, 0.5) is 10.6 Å². The lowest BCUT2D eigenvalue weighted by molar-refractivity contribution is 0.0951. The number of likely N-dealkylation sites (N-methyl/N-ethyl adjacent to an activating group) is 1. The van der Waals surface area contributed by atoms with Crippen molar-refractivity contribution in [2.24, 2.45) is 0 Å².